The molecule has 2 aliphatic rings. The van der Waals surface area contributed by atoms with E-state index in [0.717, 1.165) is 12.8 Å². The van der Waals surface area contributed by atoms with Crippen molar-refractivity contribution in [2.24, 2.45) is 11.8 Å². The third-order valence-electron chi connectivity index (χ3n) is 6.60. The average Bonchev–Trinajstić information content (AvgIpc) is 3.61. The fraction of sp³-hybridized carbons (Fsp3) is 0.654. The van der Waals surface area contributed by atoms with Crippen LogP contribution in [0.4, 0.5) is 10.5 Å². The lowest BCUT2D eigenvalue weighted by Gasteiger charge is -2.36. The van der Waals surface area contributed by atoms with E-state index in [2.05, 4.69) is 10.6 Å². The van der Waals surface area contributed by atoms with Gasteiger partial charge in [-0.1, -0.05) is 6.92 Å². The van der Waals surface area contributed by atoms with Gasteiger partial charge in [0.15, 0.2) is 0 Å². The van der Waals surface area contributed by atoms with Crippen molar-refractivity contribution in [1.29, 1.82) is 0 Å². The van der Waals surface area contributed by atoms with Crippen LogP contribution in [0.15, 0.2) is 18.2 Å². The summed E-state index contributed by atoms with van der Waals surface area (Å²) in [5.41, 5.74) is 0.839. The SMILES string of the molecule is CO[C@H]1CN(C)C(=O)c2cc(NC(=O)NC(C)C)ccc2OC[C@@H](C)N(C(=O)CC2CC2)C[C@H]1C. The number of ether oxygens (including phenoxy) is 2. The van der Waals surface area contributed by atoms with Gasteiger partial charge in [0.25, 0.3) is 5.91 Å². The predicted molar refractivity (Wildman–Crippen MR) is 135 cm³/mol. The Kier molecular flexibility index (Phi) is 8.99. The van der Waals surface area contributed by atoms with Gasteiger partial charge in [0.2, 0.25) is 5.91 Å². The number of carbonyl (C=O) groups excluding carboxylic acids is 3. The first kappa shape index (κ1) is 26.8. The van der Waals surface area contributed by atoms with E-state index in [4.69, 9.17) is 9.47 Å². The number of fused-ring (bicyclic) bond motifs is 1. The van der Waals surface area contributed by atoms with Crippen LogP contribution in [-0.2, 0) is 9.53 Å². The number of nitrogens with one attached hydrogen (secondary N) is 2. The maximum absolute atomic E-state index is 13.4. The number of hydrogen-bond donors (Lipinski definition) is 2. The van der Waals surface area contributed by atoms with Crippen molar-refractivity contribution < 1.29 is 23.9 Å². The summed E-state index contributed by atoms with van der Waals surface area (Å²) < 4.78 is 11.9. The maximum atomic E-state index is 13.4. The highest BCUT2D eigenvalue weighted by Gasteiger charge is 2.33. The molecule has 4 amide bonds. The van der Waals surface area contributed by atoms with E-state index in [1.54, 1.807) is 37.3 Å². The number of benzene rings is 1. The minimum Gasteiger partial charge on any atom is -0.491 e. The molecule has 0 aromatic heterocycles. The Labute approximate surface area is 208 Å². The van der Waals surface area contributed by atoms with E-state index >= 15 is 0 Å². The number of hydrogen-bond acceptors (Lipinski definition) is 5. The zero-order valence-corrected chi connectivity index (χ0v) is 21.8. The lowest BCUT2D eigenvalue weighted by molar-refractivity contribution is -0.135. The van der Waals surface area contributed by atoms with E-state index in [1.807, 2.05) is 32.6 Å². The number of rotatable bonds is 5. The topological polar surface area (TPSA) is 100 Å². The normalized spacial score (nSPS) is 23.6. The first-order chi connectivity index (χ1) is 16.6. The molecule has 0 saturated heterocycles. The summed E-state index contributed by atoms with van der Waals surface area (Å²) in [4.78, 5) is 42.2. The molecule has 0 unspecified atom stereocenters. The lowest BCUT2D eigenvalue weighted by Crippen LogP contribution is -2.48. The van der Waals surface area contributed by atoms with Gasteiger partial charge in [-0.05, 0) is 57.7 Å². The number of methoxy groups -OCH3 is 1. The fourth-order valence-corrected chi connectivity index (χ4v) is 4.32. The fourth-order valence-electron chi connectivity index (χ4n) is 4.32. The second-order valence-corrected chi connectivity index (χ2v) is 10.3. The molecule has 1 fully saturated rings. The second-order valence-electron chi connectivity index (χ2n) is 10.3. The number of carbonyl (C=O) groups is 3. The Bertz CT molecular complexity index is 917. The Hall–Kier alpha value is -2.81. The summed E-state index contributed by atoms with van der Waals surface area (Å²) in [6.45, 7) is 8.93. The Morgan fingerprint density at radius 2 is 1.91 bits per heavy atom. The van der Waals surface area contributed by atoms with Crippen molar-refractivity contribution in [3.63, 3.8) is 0 Å². The monoisotopic (exact) mass is 488 g/mol. The van der Waals surface area contributed by atoms with Crippen LogP contribution in [0.2, 0.25) is 0 Å². The highest BCUT2D eigenvalue weighted by atomic mass is 16.5. The number of amides is 4. The first-order valence-electron chi connectivity index (χ1n) is 12.5. The first-order valence-corrected chi connectivity index (χ1v) is 12.5. The summed E-state index contributed by atoms with van der Waals surface area (Å²) in [5.74, 6) is 0.849. The molecule has 1 aliphatic carbocycles. The van der Waals surface area contributed by atoms with Gasteiger partial charge in [-0.3, -0.25) is 9.59 Å². The Balaban J connectivity index is 1.89. The molecule has 1 saturated carbocycles. The van der Waals surface area contributed by atoms with Crippen LogP contribution in [-0.4, -0.2) is 79.7 Å². The van der Waals surface area contributed by atoms with Crippen LogP contribution in [0.25, 0.3) is 0 Å². The van der Waals surface area contributed by atoms with E-state index in [1.165, 1.54) is 0 Å². The van der Waals surface area contributed by atoms with Gasteiger partial charge in [0.1, 0.15) is 12.4 Å². The van der Waals surface area contributed by atoms with E-state index in [0.29, 0.717) is 42.4 Å². The Morgan fingerprint density at radius 1 is 1.20 bits per heavy atom. The third-order valence-corrected chi connectivity index (χ3v) is 6.60. The van der Waals surface area contributed by atoms with Crippen LogP contribution in [0.5, 0.6) is 5.75 Å². The van der Waals surface area contributed by atoms with E-state index in [-0.39, 0.29) is 48.6 Å². The lowest BCUT2D eigenvalue weighted by atomic mass is 10.0. The minimum absolute atomic E-state index is 0.0181. The van der Waals surface area contributed by atoms with Crippen molar-refractivity contribution >= 4 is 23.5 Å². The van der Waals surface area contributed by atoms with Gasteiger partial charge >= 0.3 is 6.03 Å². The van der Waals surface area contributed by atoms with Crippen molar-refractivity contribution in [2.75, 3.05) is 39.2 Å². The molecule has 9 heteroatoms. The number of urea groups is 1. The largest absolute Gasteiger partial charge is 0.491 e. The second kappa shape index (κ2) is 11.7. The zero-order chi connectivity index (χ0) is 25.7. The average molecular weight is 489 g/mol. The van der Waals surface area contributed by atoms with Crippen molar-refractivity contribution in [1.82, 2.24) is 15.1 Å². The van der Waals surface area contributed by atoms with E-state index < -0.39 is 0 Å². The molecule has 1 heterocycles. The molecule has 35 heavy (non-hydrogen) atoms. The van der Waals surface area contributed by atoms with Gasteiger partial charge in [-0.2, -0.15) is 0 Å². The molecule has 1 aromatic rings. The molecule has 0 spiro atoms. The van der Waals surface area contributed by atoms with Crippen molar-refractivity contribution in [3.8, 4) is 5.75 Å². The molecule has 2 N–H and O–H groups in total. The molecular weight excluding hydrogens is 448 g/mol. The standard InChI is InChI=1S/C26H40N4O5/c1-16(2)27-26(33)28-20-9-10-22-21(12-20)25(32)29(5)14-23(34-6)17(3)13-30(18(4)15-35-22)24(31)11-19-7-8-19/h9-10,12,16-19,23H,7-8,11,13-15H2,1-6H3,(H2,27,28,33)/t17-,18-,23+/m1/s1. The van der Waals surface area contributed by atoms with Crippen LogP contribution < -0.4 is 15.4 Å². The number of likely N-dealkylation sites (N-methyl/N-ethyl adjacent to an activating group) is 1. The van der Waals surface area contributed by atoms with Gasteiger partial charge < -0.3 is 29.9 Å². The van der Waals surface area contributed by atoms with Gasteiger partial charge in [0, 0.05) is 51.3 Å². The Morgan fingerprint density at radius 3 is 2.54 bits per heavy atom. The smallest absolute Gasteiger partial charge is 0.319 e. The van der Waals surface area contributed by atoms with Gasteiger partial charge in [0.05, 0.1) is 17.7 Å². The highest BCUT2D eigenvalue weighted by molar-refractivity contribution is 5.99. The summed E-state index contributed by atoms with van der Waals surface area (Å²) in [7, 11) is 3.36. The van der Waals surface area contributed by atoms with E-state index in [9.17, 15) is 14.4 Å². The molecular formula is C26H40N4O5. The zero-order valence-electron chi connectivity index (χ0n) is 21.8. The summed E-state index contributed by atoms with van der Waals surface area (Å²) in [5, 5.41) is 5.55. The molecule has 3 atom stereocenters. The van der Waals surface area contributed by atoms with Gasteiger partial charge in [-0.15, -0.1) is 0 Å². The predicted octanol–water partition coefficient (Wildman–Crippen LogP) is 3.35. The van der Waals surface area contributed by atoms with Crippen LogP contribution in [0.1, 0.15) is 57.3 Å². The highest BCUT2D eigenvalue weighted by Crippen LogP contribution is 2.33. The number of nitrogens with zero attached hydrogens (tertiary/aromatic N) is 2. The summed E-state index contributed by atoms with van der Waals surface area (Å²) >= 11 is 0. The van der Waals surface area contributed by atoms with Crippen LogP contribution in [0.3, 0.4) is 0 Å². The van der Waals surface area contributed by atoms with Crippen LogP contribution >= 0.6 is 0 Å². The molecule has 3 rings (SSSR count). The molecule has 0 radical (unpaired) electrons. The molecule has 1 aromatic carbocycles. The quantitative estimate of drug-likeness (QED) is 0.662. The van der Waals surface area contributed by atoms with Crippen molar-refractivity contribution in [2.45, 2.75) is 65.1 Å². The molecule has 1 aliphatic heterocycles. The summed E-state index contributed by atoms with van der Waals surface area (Å²) in [6.07, 6.45) is 2.56. The molecule has 194 valence electrons. The molecule has 0 bridgehead atoms. The third kappa shape index (κ3) is 7.34. The molecule has 9 nitrogen and oxygen atoms in total. The van der Waals surface area contributed by atoms with Gasteiger partial charge in [-0.25, -0.2) is 4.79 Å². The van der Waals surface area contributed by atoms with Crippen molar-refractivity contribution in [3.05, 3.63) is 23.8 Å². The van der Waals surface area contributed by atoms with Crippen LogP contribution in [0, 0.1) is 11.8 Å². The summed E-state index contributed by atoms with van der Waals surface area (Å²) in [6, 6.07) is 4.50. The number of anilines is 1. The minimum atomic E-state index is -0.346. The maximum Gasteiger partial charge on any atom is 0.319 e.